The quantitative estimate of drug-likeness (QED) is 0.698. The van der Waals surface area contributed by atoms with Gasteiger partial charge in [-0.05, 0) is 24.1 Å². The minimum absolute atomic E-state index is 0.225. The van der Waals surface area contributed by atoms with Gasteiger partial charge >= 0.3 is 12.1 Å². The van der Waals surface area contributed by atoms with E-state index in [2.05, 4.69) is 5.32 Å². The number of alkyl halides is 3. The second-order valence-electron chi connectivity index (χ2n) is 6.16. The number of hydrogen-bond donors (Lipinski definition) is 2. The van der Waals surface area contributed by atoms with Crippen molar-refractivity contribution in [2.75, 3.05) is 26.2 Å². The second-order valence-corrected chi connectivity index (χ2v) is 6.16. The van der Waals surface area contributed by atoms with Crippen molar-refractivity contribution in [1.82, 2.24) is 10.2 Å². The molecule has 1 atom stereocenters. The molecule has 2 N–H and O–H groups in total. The third-order valence-electron chi connectivity index (χ3n) is 3.95. The van der Waals surface area contributed by atoms with Crippen LogP contribution >= 0.6 is 0 Å². The van der Waals surface area contributed by atoms with Crippen LogP contribution in [0.5, 0.6) is 5.75 Å². The topological polar surface area (TPSA) is 95.9 Å². The van der Waals surface area contributed by atoms with Gasteiger partial charge in [0.15, 0.2) is 6.61 Å². The summed E-state index contributed by atoms with van der Waals surface area (Å²) in [6.07, 6.45) is -4.24. The number of carboxylic acid groups (broad SMARTS) is 1. The van der Waals surface area contributed by atoms with E-state index in [4.69, 9.17) is 9.84 Å². The van der Waals surface area contributed by atoms with Crippen LogP contribution in [0.2, 0.25) is 0 Å². The van der Waals surface area contributed by atoms with Gasteiger partial charge in [-0.2, -0.15) is 13.2 Å². The minimum Gasteiger partial charge on any atom is -0.482 e. The van der Waals surface area contributed by atoms with Crippen LogP contribution < -0.4 is 10.1 Å². The normalized spacial score (nSPS) is 17.1. The fraction of sp³-hybridized carbons (Fsp3) is 0.471. The molecule has 1 saturated heterocycles. The van der Waals surface area contributed by atoms with Crippen LogP contribution in [0.1, 0.15) is 12.0 Å². The SMILES string of the molecule is O=C(O)COc1ccc(CCNC(=O)[C@@H]2CC(=O)N(CC(F)(F)F)C2)cc1. The van der Waals surface area contributed by atoms with Crippen LogP contribution in [0.25, 0.3) is 0 Å². The highest BCUT2D eigenvalue weighted by Gasteiger charge is 2.40. The first kappa shape index (κ1) is 20.5. The molecule has 1 aromatic rings. The zero-order valence-corrected chi connectivity index (χ0v) is 14.3. The van der Waals surface area contributed by atoms with E-state index in [0.717, 1.165) is 5.56 Å². The van der Waals surface area contributed by atoms with E-state index in [0.29, 0.717) is 17.1 Å². The van der Waals surface area contributed by atoms with Gasteiger partial charge < -0.3 is 20.1 Å². The Morgan fingerprint density at radius 2 is 1.93 bits per heavy atom. The zero-order chi connectivity index (χ0) is 20.0. The summed E-state index contributed by atoms with van der Waals surface area (Å²) in [7, 11) is 0. The van der Waals surface area contributed by atoms with Crippen molar-refractivity contribution in [1.29, 1.82) is 0 Å². The fourth-order valence-corrected chi connectivity index (χ4v) is 2.69. The van der Waals surface area contributed by atoms with Crippen molar-refractivity contribution in [2.45, 2.75) is 19.0 Å². The number of aliphatic carboxylic acids is 1. The van der Waals surface area contributed by atoms with Crippen LogP contribution in [0.4, 0.5) is 13.2 Å². The Morgan fingerprint density at radius 3 is 2.52 bits per heavy atom. The molecule has 0 unspecified atom stereocenters. The fourth-order valence-electron chi connectivity index (χ4n) is 2.69. The largest absolute Gasteiger partial charge is 0.482 e. The molecule has 1 heterocycles. The molecule has 1 aliphatic heterocycles. The molecular weight excluding hydrogens is 369 g/mol. The molecule has 1 aromatic carbocycles. The minimum atomic E-state index is -4.48. The molecule has 0 saturated carbocycles. The Morgan fingerprint density at radius 1 is 1.26 bits per heavy atom. The number of ether oxygens (including phenoxy) is 1. The van der Waals surface area contributed by atoms with E-state index in [9.17, 15) is 27.6 Å². The maximum atomic E-state index is 12.4. The van der Waals surface area contributed by atoms with Crippen LogP contribution in [-0.4, -0.2) is 60.2 Å². The predicted octanol–water partition coefficient (Wildman–Crippen LogP) is 1.22. The first-order valence-corrected chi connectivity index (χ1v) is 8.20. The van der Waals surface area contributed by atoms with Crippen molar-refractivity contribution < 1.29 is 37.4 Å². The van der Waals surface area contributed by atoms with E-state index in [-0.39, 0.29) is 19.5 Å². The highest BCUT2D eigenvalue weighted by atomic mass is 19.4. The second kappa shape index (κ2) is 8.74. The summed E-state index contributed by atoms with van der Waals surface area (Å²) in [5.74, 6) is -2.59. The summed E-state index contributed by atoms with van der Waals surface area (Å²) >= 11 is 0. The summed E-state index contributed by atoms with van der Waals surface area (Å²) in [5.41, 5.74) is 0.860. The third kappa shape index (κ3) is 6.80. The number of nitrogens with one attached hydrogen (secondary N) is 1. The highest BCUT2D eigenvalue weighted by molar-refractivity contribution is 5.89. The van der Waals surface area contributed by atoms with Crippen molar-refractivity contribution in [2.24, 2.45) is 5.92 Å². The Balaban J connectivity index is 1.74. The van der Waals surface area contributed by atoms with Crippen LogP contribution in [-0.2, 0) is 20.8 Å². The van der Waals surface area contributed by atoms with Crippen LogP contribution in [0.15, 0.2) is 24.3 Å². The van der Waals surface area contributed by atoms with E-state index >= 15 is 0 Å². The molecule has 2 rings (SSSR count). The van der Waals surface area contributed by atoms with Gasteiger partial charge in [-0.3, -0.25) is 9.59 Å². The van der Waals surface area contributed by atoms with Crippen molar-refractivity contribution in [3.8, 4) is 5.75 Å². The highest BCUT2D eigenvalue weighted by Crippen LogP contribution is 2.24. The molecule has 27 heavy (non-hydrogen) atoms. The molecule has 7 nitrogen and oxygen atoms in total. The van der Waals surface area contributed by atoms with Crippen molar-refractivity contribution >= 4 is 17.8 Å². The van der Waals surface area contributed by atoms with E-state index < -0.39 is 43.0 Å². The molecular formula is C17H19F3N2O5. The summed E-state index contributed by atoms with van der Waals surface area (Å²) in [5, 5.41) is 11.2. The predicted molar refractivity (Wildman–Crippen MR) is 87.0 cm³/mol. The Bertz CT molecular complexity index is 691. The number of carbonyl (C=O) groups is 3. The standard InChI is InChI=1S/C17H19F3N2O5/c18-17(19,20)10-22-8-12(7-14(22)23)16(26)21-6-5-11-1-3-13(4-2-11)27-9-15(24)25/h1-4,12H,5-10H2,(H,21,26)(H,24,25)/t12-/m1/s1. The van der Waals surface area contributed by atoms with Gasteiger partial charge in [0.25, 0.3) is 0 Å². The van der Waals surface area contributed by atoms with Gasteiger partial charge in [-0.1, -0.05) is 12.1 Å². The molecule has 0 aromatic heterocycles. The number of carbonyl (C=O) groups excluding carboxylic acids is 2. The number of halogens is 3. The first-order chi connectivity index (χ1) is 12.6. The molecule has 1 fully saturated rings. The van der Waals surface area contributed by atoms with E-state index in [1.165, 1.54) is 0 Å². The average molecular weight is 388 g/mol. The van der Waals surface area contributed by atoms with E-state index in [1.54, 1.807) is 24.3 Å². The number of benzene rings is 1. The summed E-state index contributed by atoms with van der Waals surface area (Å²) in [4.78, 5) is 34.7. The lowest BCUT2D eigenvalue weighted by Crippen LogP contribution is -2.37. The molecule has 2 amide bonds. The smallest absolute Gasteiger partial charge is 0.406 e. The van der Waals surface area contributed by atoms with Crippen molar-refractivity contribution in [3.63, 3.8) is 0 Å². The lowest BCUT2D eigenvalue weighted by molar-refractivity contribution is -0.157. The molecule has 0 aliphatic carbocycles. The average Bonchev–Trinajstić information content (AvgIpc) is 2.93. The maximum Gasteiger partial charge on any atom is 0.406 e. The number of amides is 2. The van der Waals surface area contributed by atoms with E-state index in [1.807, 2.05) is 0 Å². The zero-order valence-electron chi connectivity index (χ0n) is 14.3. The van der Waals surface area contributed by atoms with Gasteiger partial charge in [0, 0.05) is 19.5 Å². The van der Waals surface area contributed by atoms with Gasteiger partial charge in [0.05, 0.1) is 5.92 Å². The van der Waals surface area contributed by atoms with Gasteiger partial charge in [-0.25, -0.2) is 4.79 Å². The van der Waals surface area contributed by atoms with Crippen LogP contribution in [0.3, 0.4) is 0 Å². The van der Waals surface area contributed by atoms with Gasteiger partial charge in [-0.15, -0.1) is 0 Å². The monoisotopic (exact) mass is 388 g/mol. The molecule has 0 radical (unpaired) electrons. The van der Waals surface area contributed by atoms with Crippen LogP contribution in [0, 0.1) is 5.92 Å². The molecule has 0 spiro atoms. The molecule has 10 heteroatoms. The number of carboxylic acids is 1. The van der Waals surface area contributed by atoms with Gasteiger partial charge in [0.2, 0.25) is 11.8 Å². The Labute approximate surface area is 153 Å². The Kier molecular flexibility index (Phi) is 6.65. The lowest BCUT2D eigenvalue weighted by atomic mass is 10.1. The molecule has 0 bridgehead atoms. The number of likely N-dealkylation sites (tertiary alicyclic amines) is 1. The number of hydrogen-bond acceptors (Lipinski definition) is 4. The third-order valence-corrected chi connectivity index (χ3v) is 3.95. The number of nitrogens with zero attached hydrogens (tertiary/aromatic N) is 1. The van der Waals surface area contributed by atoms with Gasteiger partial charge in [0.1, 0.15) is 12.3 Å². The maximum absolute atomic E-state index is 12.4. The Hall–Kier alpha value is -2.78. The lowest BCUT2D eigenvalue weighted by Gasteiger charge is -2.18. The summed E-state index contributed by atoms with van der Waals surface area (Å²) < 4.78 is 42.2. The summed E-state index contributed by atoms with van der Waals surface area (Å²) in [6, 6.07) is 6.64. The first-order valence-electron chi connectivity index (χ1n) is 8.20. The number of rotatable bonds is 8. The molecule has 1 aliphatic rings. The molecule has 148 valence electrons. The summed E-state index contributed by atoms with van der Waals surface area (Å²) in [6.45, 7) is -1.76. The van der Waals surface area contributed by atoms with Crippen molar-refractivity contribution in [3.05, 3.63) is 29.8 Å².